The molecule has 1 aromatic carbocycles. The molecule has 0 bridgehead atoms. The van der Waals surface area contributed by atoms with Gasteiger partial charge in [-0.2, -0.15) is 0 Å². The number of hydrogen-bond donors (Lipinski definition) is 1. The molecule has 2 aromatic heterocycles. The lowest BCUT2D eigenvalue weighted by Crippen LogP contribution is -2.26. The Morgan fingerprint density at radius 1 is 1.29 bits per heavy atom. The second-order valence-electron chi connectivity index (χ2n) is 5.69. The van der Waals surface area contributed by atoms with Crippen LogP contribution in [0.5, 0.6) is 0 Å². The maximum absolute atomic E-state index is 12.0. The van der Waals surface area contributed by atoms with Gasteiger partial charge >= 0.3 is 0 Å². The Balaban J connectivity index is 1.45. The van der Waals surface area contributed by atoms with E-state index in [1.54, 1.807) is 23.9 Å². The molecule has 24 heavy (non-hydrogen) atoms. The van der Waals surface area contributed by atoms with E-state index in [1.165, 1.54) is 5.56 Å². The molecule has 0 saturated heterocycles. The van der Waals surface area contributed by atoms with Crippen LogP contribution in [0.3, 0.4) is 0 Å². The molecule has 0 unspecified atom stereocenters. The number of thiazole rings is 1. The zero-order valence-corrected chi connectivity index (χ0v) is 14.4. The molecular weight excluding hydrogens is 320 g/mol. The van der Waals surface area contributed by atoms with Crippen molar-refractivity contribution in [2.75, 3.05) is 6.54 Å². The second kappa shape index (κ2) is 7.88. The minimum Gasteiger partial charge on any atom is -0.356 e. The fraction of sp³-hybridized carbons (Fsp3) is 0.278. The predicted octanol–water partition coefficient (Wildman–Crippen LogP) is 3.06. The summed E-state index contributed by atoms with van der Waals surface area (Å²) in [6.45, 7) is 3.58. The smallest absolute Gasteiger partial charge is 0.226 e. The number of rotatable bonds is 7. The predicted molar refractivity (Wildman–Crippen MR) is 95.8 cm³/mol. The number of nitrogens with one attached hydrogen (secondary N) is 1. The number of benzene rings is 1. The van der Waals surface area contributed by atoms with Crippen LogP contribution in [-0.4, -0.2) is 27.0 Å². The number of hydrogen-bond acceptors (Lipinski definition) is 4. The first-order valence-electron chi connectivity index (χ1n) is 7.94. The maximum atomic E-state index is 12.0. The molecule has 124 valence electrons. The van der Waals surface area contributed by atoms with Crippen LogP contribution in [0.2, 0.25) is 0 Å². The Bertz CT molecular complexity index is 778. The minimum absolute atomic E-state index is 0.0152. The van der Waals surface area contributed by atoms with Gasteiger partial charge in [-0.05, 0) is 13.3 Å². The lowest BCUT2D eigenvalue weighted by Gasteiger charge is -2.04. The summed E-state index contributed by atoms with van der Waals surface area (Å²) in [6, 6.07) is 8.27. The molecule has 0 aliphatic rings. The van der Waals surface area contributed by atoms with Crippen molar-refractivity contribution in [1.82, 2.24) is 19.9 Å². The number of carbonyl (C=O) groups excluding carboxylic acids is 1. The van der Waals surface area contributed by atoms with E-state index in [4.69, 9.17) is 0 Å². The molecule has 2 heterocycles. The summed E-state index contributed by atoms with van der Waals surface area (Å²) >= 11 is 1.58. The quantitative estimate of drug-likeness (QED) is 0.673. The van der Waals surface area contributed by atoms with E-state index < -0.39 is 0 Å². The van der Waals surface area contributed by atoms with E-state index in [2.05, 4.69) is 46.5 Å². The number of amides is 1. The lowest BCUT2D eigenvalue weighted by molar-refractivity contribution is -0.120. The van der Waals surface area contributed by atoms with Crippen molar-refractivity contribution in [3.8, 4) is 10.6 Å². The largest absolute Gasteiger partial charge is 0.356 e. The van der Waals surface area contributed by atoms with Crippen LogP contribution in [0.25, 0.3) is 10.6 Å². The summed E-state index contributed by atoms with van der Waals surface area (Å²) in [5.41, 5.74) is 3.14. The molecule has 3 rings (SSSR count). The van der Waals surface area contributed by atoms with Crippen LogP contribution in [0.1, 0.15) is 17.7 Å². The van der Waals surface area contributed by atoms with Crippen LogP contribution in [0.4, 0.5) is 0 Å². The average molecular weight is 340 g/mol. The van der Waals surface area contributed by atoms with Gasteiger partial charge in [0.1, 0.15) is 5.01 Å². The van der Waals surface area contributed by atoms with Crippen molar-refractivity contribution in [3.05, 3.63) is 59.6 Å². The van der Waals surface area contributed by atoms with Crippen LogP contribution >= 0.6 is 11.3 Å². The monoisotopic (exact) mass is 340 g/mol. The van der Waals surface area contributed by atoms with Crippen molar-refractivity contribution in [1.29, 1.82) is 0 Å². The van der Waals surface area contributed by atoms with Crippen molar-refractivity contribution >= 4 is 17.2 Å². The summed E-state index contributed by atoms with van der Waals surface area (Å²) in [7, 11) is 0. The fourth-order valence-electron chi connectivity index (χ4n) is 2.35. The highest BCUT2D eigenvalue weighted by Gasteiger charge is 2.08. The van der Waals surface area contributed by atoms with Crippen LogP contribution in [-0.2, 0) is 17.8 Å². The third-order valence-corrected chi connectivity index (χ3v) is 4.61. The van der Waals surface area contributed by atoms with Crippen molar-refractivity contribution in [3.63, 3.8) is 0 Å². The Hall–Kier alpha value is -2.47. The molecule has 0 spiro atoms. The van der Waals surface area contributed by atoms with E-state index in [0.717, 1.165) is 29.2 Å². The lowest BCUT2D eigenvalue weighted by atomic mass is 10.2. The molecular formula is C18H20N4OS. The molecule has 1 N–H and O–H groups in total. The highest BCUT2D eigenvalue weighted by Crippen LogP contribution is 2.24. The van der Waals surface area contributed by atoms with Crippen molar-refractivity contribution in [2.24, 2.45) is 0 Å². The first-order valence-corrected chi connectivity index (χ1v) is 8.82. The van der Waals surface area contributed by atoms with Gasteiger partial charge in [0.05, 0.1) is 18.4 Å². The van der Waals surface area contributed by atoms with Crippen molar-refractivity contribution in [2.45, 2.75) is 26.3 Å². The molecule has 0 radical (unpaired) electrons. The molecule has 0 aliphatic carbocycles. The van der Waals surface area contributed by atoms with E-state index in [0.29, 0.717) is 13.0 Å². The third kappa shape index (κ3) is 4.52. The normalized spacial score (nSPS) is 10.7. The van der Waals surface area contributed by atoms with Gasteiger partial charge in [-0.25, -0.2) is 9.97 Å². The van der Waals surface area contributed by atoms with Gasteiger partial charge in [0, 0.05) is 36.4 Å². The third-order valence-electron chi connectivity index (χ3n) is 3.67. The van der Waals surface area contributed by atoms with E-state index in [1.807, 2.05) is 16.1 Å². The second-order valence-corrected chi connectivity index (χ2v) is 6.55. The van der Waals surface area contributed by atoms with E-state index in [9.17, 15) is 4.79 Å². The molecule has 0 saturated carbocycles. The maximum Gasteiger partial charge on any atom is 0.226 e. The topological polar surface area (TPSA) is 59.8 Å². The number of nitrogens with zero attached hydrogens (tertiary/aromatic N) is 3. The van der Waals surface area contributed by atoms with Gasteiger partial charge in [0.15, 0.2) is 0 Å². The van der Waals surface area contributed by atoms with Crippen LogP contribution in [0, 0.1) is 6.92 Å². The Morgan fingerprint density at radius 3 is 2.88 bits per heavy atom. The number of aryl methyl sites for hydroxylation is 2. The molecule has 0 atom stereocenters. The molecule has 0 fully saturated rings. The summed E-state index contributed by atoms with van der Waals surface area (Å²) in [5, 5.41) is 5.86. The average Bonchev–Trinajstić information content (AvgIpc) is 3.24. The summed E-state index contributed by atoms with van der Waals surface area (Å²) in [5.74, 6) is 0.0152. The zero-order valence-electron chi connectivity index (χ0n) is 13.6. The molecule has 6 heteroatoms. The van der Waals surface area contributed by atoms with E-state index in [-0.39, 0.29) is 5.91 Å². The van der Waals surface area contributed by atoms with Gasteiger partial charge < -0.3 is 9.88 Å². The molecule has 0 aliphatic heterocycles. The number of imidazole rings is 1. The van der Waals surface area contributed by atoms with Gasteiger partial charge in [0.25, 0.3) is 0 Å². The van der Waals surface area contributed by atoms with Gasteiger partial charge in [-0.15, -0.1) is 11.3 Å². The Morgan fingerprint density at radius 2 is 2.12 bits per heavy atom. The minimum atomic E-state index is 0.0152. The first-order chi connectivity index (χ1) is 11.7. The number of carbonyl (C=O) groups is 1. The van der Waals surface area contributed by atoms with Gasteiger partial charge in [-0.3, -0.25) is 4.79 Å². The highest BCUT2D eigenvalue weighted by atomic mass is 32.1. The summed E-state index contributed by atoms with van der Waals surface area (Å²) in [4.78, 5) is 20.6. The van der Waals surface area contributed by atoms with Crippen LogP contribution in [0.15, 0.2) is 48.4 Å². The molecule has 3 aromatic rings. The zero-order chi connectivity index (χ0) is 16.8. The van der Waals surface area contributed by atoms with Crippen molar-refractivity contribution < 1.29 is 4.79 Å². The highest BCUT2D eigenvalue weighted by molar-refractivity contribution is 7.13. The Labute approximate surface area is 145 Å². The van der Waals surface area contributed by atoms with Crippen LogP contribution < -0.4 is 5.32 Å². The SMILES string of the molecule is Cc1ccc(-c2nc(CC(=O)NCCCn3ccnc3)cs2)cc1. The summed E-state index contributed by atoms with van der Waals surface area (Å²) in [6.07, 6.45) is 6.67. The summed E-state index contributed by atoms with van der Waals surface area (Å²) < 4.78 is 2.00. The van der Waals surface area contributed by atoms with Gasteiger partial charge in [0.2, 0.25) is 5.91 Å². The first kappa shape index (κ1) is 16.4. The molecule has 5 nitrogen and oxygen atoms in total. The Kier molecular flexibility index (Phi) is 5.38. The molecule has 1 amide bonds. The standard InChI is InChI=1S/C18H20N4OS/c1-14-3-5-15(6-4-14)18-21-16(12-24-18)11-17(23)20-7-2-9-22-10-8-19-13-22/h3-6,8,10,12-13H,2,7,9,11H2,1H3,(H,20,23). The van der Waals surface area contributed by atoms with Gasteiger partial charge in [-0.1, -0.05) is 29.8 Å². The number of aromatic nitrogens is 3. The van der Waals surface area contributed by atoms with E-state index >= 15 is 0 Å². The fourth-order valence-corrected chi connectivity index (χ4v) is 3.18.